The lowest BCUT2D eigenvalue weighted by molar-refractivity contribution is -0.129. The van der Waals surface area contributed by atoms with Crippen molar-refractivity contribution in [2.75, 3.05) is 19.6 Å². The molecule has 0 radical (unpaired) electrons. The summed E-state index contributed by atoms with van der Waals surface area (Å²) in [6.45, 7) is 8.38. The van der Waals surface area contributed by atoms with E-state index in [1.807, 2.05) is 4.90 Å². The molecule has 4 nitrogen and oxygen atoms in total. The van der Waals surface area contributed by atoms with Crippen LogP contribution in [0.3, 0.4) is 0 Å². The van der Waals surface area contributed by atoms with Gasteiger partial charge in [0.25, 0.3) is 0 Å². The highest BCUT2D eigenvalue weighted by molar-refractivity contribution is 5.89. The van der Waals surface area contributed by atoms with Crippen molar-refractivity contribution in [3.8, 4) is 0 Å². The fourth-order valence-corrected chi connectivity index (χ4v) is 2.17. The van der Waals surface area contributed by atoms with Crippen molar-refractivity contribution in [3.63, 3.8) is 0 Å². The molecule has 0 spiro atoms. The molecular weight excluding hydrogens is 228 g/mol. The first-order valence-corrected chi connectivity index (χ1v) is 7.10. The Morgan fingerprint density at radius 1 is 1.44 bits per heavy atom. The van der Waals surface area contributed by atoms with E-state index < -0.39 is 0 Å². The Labute approximate surface area is 110 Å². The molecule has 2 amide bonds. The lowest BCUT2D eigenvalue weighted by Crippen LogP contribution is -2.35. The van der Waals surface area contributed by atoms with E-state index in [0.717, 1.165) is 25.8 Å². The molecule has 0 aromatic heterocycles. The van der Waals surface area contributed by atoms with Crippen molar-refractivity contribution in [1.29, 1.82) is 0 Å². The fourth-order valence-electron chi connectivity index (χ4n) is 2.17. The molecule has 1 aliphatic heterocycles. The van der Waals surface area contributed by atoms with Crippen molar-refractivity contribution in [3.05, 3.63) is 0 Å². The molecule has 0 saturated carbocycles. The summed E-state index contributed by atoms with van der Waals surface area (Å²) in [5.41, 5.74) is 0. The van der Waals surface area contributed by atoms with Crippen LogP contribution in [-0.2, 0) is 9.59 Å². The van der Waals surface area contributed by atoms with E-state index in [1.165, 1.54) is 0 Å². The minimum atomic E-state index is -0.141. The zero-order valence-electron chi connectivity index (χ0n) is 11.9. The fraction of sp³-hybridized carbons (Fsp3) is 0.857. The first kappa shape index (κ1) is 15.0. The average molecular weight is 254 g/mol. The molecule has 1 unspecified atom stereocenters. The lowest BCUT2D eigenvalue weighted by atomic mass is 10.1. The number of unbranched alkanes of at least 4 members (excludes halogenated alkanes) is 2. The van der Waals surface area contributed by atoms with Gasteiger partial charge in [0, 0.05) is 26.1 Å². The summed E-state index contributed by atoms with van der Waals surface area (Å²) in [5, 5.41) is 2.91. The van der Waals surface area contributed by atoms with E-state index in [1.54, 1.807) is 0 Å². The maximum atomic E-state index is 11.9. The molecule has 1 atom stereocenters. The molecule has 1 N–H and O–H groups in total. The van der Waals surface area contributed by atoms with Gasteiger partial charge in [0.2, 0.25) is 11.8 Å². The van der Waals surface area contributed by atoms with Gasteiger partial charge in [-0.15, -0.1) is 0 Å². The minimum absolute atomic E-state index is 0.0371. The molecule has 0 bridgehead atoms. The third-order valence-electron chi connectivity index (χ3n) is 3.30. The smallest absolute Gasteiger partial charge is 0.225 e. The molecule has 1 aliphatic rings. The Hall–Kier alpha value is -1.06. The summed E-state index contributed by atoms with van der Waals surface area (Å²) in [7, 11) is 0. The number of nitrogens with one attached hydrogen (secondary N) is 1. The number of hydrogen-bond acceptors (Lipinski definition) is 2. The number of nitrogens with zero attached hydrogens (tertiary/aromatic N) is 1. The SMILES string of the molecule is CCCCCN1CC(C(=O)NCC(C)C)CC1=O. The van der Waals surface area contributed by atoms with Crippen LogP contribution in [0, 0.1) is 11.8 Å². The molecule has 0 aromatic carbocycles. The highest BCUT2D eigenvalue weighted by Gasteiger charge is 2.33. The molecule has 1 fully saturated rings. The van der Waals surface area contributed by atoms with Gasteiger partial charge in [0.05, 0.1) is 5.92 Å². The number of amides is 2. The monoisotopic (exact) mass is 254 g/mol. The van der Waals surface area contributed by atoms with Gasteiger partial charge in [-0.05, 0) is 12.3 Å². The minimum Gasteiger partial charge on any atom is -0.356 e. The summed E-state index contributed by atoms with van der Waals surface area (Å²) < 4.78 is 0. The number of carbonyl (C=O) groups is 2. The highest BCUT2D eigenvalue weighted by atomic mass is 16.2. The van der Waals surface area contributed by atoms with Gasteiger partial charge in [0.1, 0.15) is 0 Å². The highest BCUT2D eigenvalue weighted by Crippen LogP contribution is 2.18. The van der Waals surface area contributed by atoms with E-state index in [-0.39, 0.29) is 17.7 Å². The molecule has 104 valence electrons. The van der Waals surface area contributed by atoms with Gasteiger partial charge in [-0.25, -0.2) is 0 Å². The molecule has 0 aromatic rings. The van der Waals surface area contributed by atoms with Crippen LogP contribution in [0.4, 0.5) is 0 Å². The van der Waals surface area contributed by atoms with Crippen molar-refractivity contribution in [2.45, 2.75) is 46.5 Å². The molecule has 1 heterocycles. The second kappa shape index (κ2) is 7.39. The summed E-state index contributed by atoms with van der Waals surface area (Å²) in [6, 6.07) is 0. The van der Waals surface area contributed by atoms with Gasteiger partial charge in [-0.1, -0.05) is 33.6 Å². The third kappa shape index (κ3) is 4.67. The maximum absolute atomic E-state index is 11.9. The van der Waals surface area contributed by atoms with Gasteiger partial charge in [-0.3, -0.25) is 9.59 Å². The maximum Gasteiger partial charge on any atom is 0.225 e. The van der Waals surface area contributed by atoms with Crippen LogP contribution in [0.1, 0.15) is 46.5 Å². The molecule has 0 aliphatic carbocycles. The largest absolute Gasteiger partial charge is 0.356 e. The van der Waals surface area contributed by atoms with Gasteiger partial charge >= 0.3 is 0 Å². The average Bonchev–Trinajstić information content (AvgIpc) is 2.68. The third-order valence-corrected chi connectivity index (χ3v) is 3.30. The number of likely N-dealkylation sites (tertiary alicyclic amines) is 1. The summed E-state index contributed by atoms with van der Waals surface area (Å²) in [6.07, 6.45) is 3.73. The van der Waals surface area contributed by atoms with E-state index in [2.05, 4.69) is 26.1 Å². The summed E-state index contributed by atoms with van der Waals surface area (Å²) >= 11 is 0. The first-order valence-electron chi connectivity index (χ1n) is 7.10. The van der Waals surface area contributed by atoms with Crippen molar-refractivity contribution >= 4 is 11.8 Å². The van der Waals surface area contributed by atoms with Crippen LogP contribution in [0.25, 0.3) is 0 Å². The summed E-state index contributed by atoms with van der Waals surface area (Å²) in [5.74, 6) is 0.482. The van der Waals surface area contributed by atoms with Crippen molar-refractivity contribution < 1.29 is 9.59 Å². The topological polar surface area (TPSA) is 49.4 Å². The Balaban J connectivity index is 2.33. The van der Waals surface area contributed by atoms with Crippen LogP contribution in [-0.4, -0.2) is 36.3 Å². The van der Waals surface area contributed by atoms with Gasteiger partial charge in [-0.2, -0.15) is 0 Å². The number of carbonyl (C=O) groups excluding carboxylic acids is 2. The van der Waals surface area contributed by atoms with Crippen LogP contribution < -0.4 is 5.32 Å². The van der Waals surface area contributed by atoms with Gasteiger partial charge in [0.15, 0.2) is 0 Å². The lowest BCUT2D eigenvalue weighted by Gasteiger charge is -2.16. The zero-order valence-corrected chi connectivity index (χ0v) is 11.9. The normalized spacial score (nSPS) is 19.7. The second-order valence-corrected chi connectivity index (χ2v) is 5.59. The van der Waals surface area contributed by atoms with Crippen molar-refractivity contribution in [1.82, 2.24) is 10.2 Å². The zero-order chi connectivity index (χ0) is 13.5. The van der Waals surface area contributed by atoms with E-state index in [0.29, 0.717) is 25.4 Å². The number of hydrogen-bond donors (Lipinski definition) is 1. The molecular formula is C14H26N2O2. The van der Waals surface area contributed by atoms with Gasteiger partial charge < -0.3 is 10.2 Å². The Morgan fingerprint density at radius 3 is 2.78 bits per heavy atom. The Morgan fingerprint density at radius 2 is 2.17 bits per heavy atom. The van der Waals surface area contributed by atoms with E-state index in [9.17, 15) is 9.59 Å². The standard InChI is InChI=1S/C14H26N2O2/c1-4-5-6-7-16-10-12(8-13(16)17)14(18)15-9-11(2)3/h11-12H,4-10H2,1-3H3,(H,15,18). The van der Waals surface area contributed by atoms with Crippen molar-refractivity contribution in [2.24, 2.45) is 11.8 Å². The second-order valence-electron chi connectivity index (χ2n) is 5.59. The first-order chi connectivity index (χ1) is 8.54. The van der Waals surface area contributed by atoms with E-state index in [4.69, 9.17) is 0 Å². The molecule has 1 rings (SSSR count). The van der Waals surface area contributed by atoms with Crippen LogP contribution >= 0.6 is 0 Å². The Bertz CT molecular complexity index is 290. The van der Waals surface area contributed by atoms with E-state index >= 15 is 0 Å². The predicted molar refractivity (Wildman–Crippen MR) is 72.1 cm³/mol. The number of rotatable bonds is 7. The Kier molecular flexibility index (Phi) is 6.16. The van der Waals surface area contributed by atoms with Crippen LogP contribution in [0.15, 0.2) is 0 Å². The molecule has 1 saturated heterocycles. The van der Waals surface area contributed by atoms with Crippen LogP contribution in [0.2, 0.25) is 0 Å². The predicted octanol–water partition coefficient (Wildman–Crippen LogP) is 1.80. The summed E-state index contributed by atoms with van der Waals surface area (Å²) in [4.78, 5) is 25.5. The molecule has 18 heavy (non-hydrogen) atoms. The van der Waals surface area contributed by atoms with Crippen LogP contribution in [0.5, 0.6) is 0 Å². The quantitative estimate of drug-likeness (QED) is 0.704. The molecule has 4 heteroatoms.